The lowest BCUT2D eigenvalue weighted by molar-refractivity contribution is 0.0727. The van der Waals surface area contributed by atoms with Crippen LogP contribution in [-0.4, -0.2) is 28.1 Å². The highest BCUT2D eigenvalue weighted by Gasteiger charge is 2.29. The van der Waals surface area contributed by atoms with Gasteiger partial charge in [-0.1, -0.05) is 34.1 Å². The van der Waals surface area contributed by atoms with Crippen molar-refractivity contribution < 1.29 is 9.59 Å². The molecular formula is C18H13BrN2O2. The van der Waals surface area contributed by atoms with Crippen LogP contribution in [0.2, 0.25) is 0 Å². The first-order valence-corrected chi connectivity index (χ1v) is 8.10. The van der Waals surface area contributed by atoms with Gasteiger partial charge in [-0.05, 0) is 35.9 Å². The molecule has 4 rings (SSSR count). The van der Waals surface area contributed by atoms with E-state index in [0.29, 0.717) is 17.8 Å². The summed E-state index contributed by atoms with van der Waals surface area (Å²) >= 11 is 3.41. The molecule has 23 heavy (non-hydrogen) atoms. The maximum Gasteiger partial charge on any atom is 0.254 e. The van der Waals surface area contributed by atoms with Crippen molar-refractivity contribution in [3.63, 3.8) is 0 Å². The lowest BCUT2D eigenvalue weighted by Gasteiger charge is -2.13. The van der Waals surface area contributed by atoms with Crippen LogP contribution in [0.1, 0.15) is 26.4 Å². The lowest BCUT2D eigenvalue weighted by Crippen LogP contribution is -2.30. The smallest absolute Gasteiger partial charge is 0.254 e. The second kappa shape index (κ2) is 5.35. The van der Waals surface area contributed by atoms with Crippen molar-refractivity contribution in [1.82, 2.24) is 9.88 Å². The minimum atomic E-state index is -0.0861. The number of fused-ring (bicyclic) bond motifs is 2. The molecule has 2 heterocycles. The van der Waals surface area contributed by atoms with Crippen LogP contribution in [0.3, 0.4) is 0 Å². The second-order valence-corrected chi connectivity index (χ2v) is 6.57. The Balaban J connectivity index is 1.57. The summed E-state index contributed by atoms with van der Waals surface area (Å²) in [6.07, 6.45) is 0. The minimum absolute atomic E-state index is 0.0813. The van der Waals surface area contributed by atoms with Gasteiger partial charge in [0.05, 0.1) is 12.2 Å². The SMILES string of the molecule is O=C(CN1Cc2cc(Br)ccc2C1=O)c1cc2ccccc2[nH]1. The third kappa shape index (κ3) is 2.47. The zero-order valence-corrected chi connectivity index (χ0v) is 13.8. The van der Waals surface area contributed by atoms with Gasteiger partial charge in [-0.15, -0.1) is 0 Å². The topological polar surface area (TPSA) is 53.2 Å². The van der Waals surface area contributed by atoms with Gasteiger partial charge in [0.15, 0.2) is 5.78 Å². The van der Waals surface area contributed by atoms with Crippen LogP contribution in [0.25, 0.3) is 10.9 Å². The third-order valence-corrected chi connectivity index (χ3v) is 4.60. The molecule has 1 N–H and O–H groups in total. The van der Waals surface area contributed by atoms with E-state index in [0.717, 1.165) is 20.9 Å². The highest BCUT2D eigenvalue weighted by Crippen LogP contribution is 2.26. The van der Waals surface area contributed by atoms with Crippen LogP contribution in [0.15, 0.2) is 53.0 Å². The molecule has 1 amide bonds. The number of H-pyrrole nitrogens is 1. The molecular weight excluding hydrogens is 356 g/mol. The molecule has 0 radical (unpaired) electrons. The summed E-state index contributed by atoms with van der Waals surface area (Å²) in [6.45, 7) is 0.553. The maximum atomic E-state index is 12.5. The number of halogens is 1. The number of para-hydroxylation sites is 1. The fourth-order valence-electron chi connectivity index (χ4n) is 2.96. The van der Waals surface area contributed by atoms with E-state index < -0.39 is 0 Å². The highest BCUT2D eigenvalue weighted by atomic mass is 79.9. The molecule has 0 atom stereocenters. The van der Waals surface area contributed by atoms with E-state index in [-0.39, 0.29) is 18.2 Å². The van der Waals surface area contributed by atoms with Crippen LogP contribution in [0.5, 0.6) is 0 Å². The van der Waals surface area contributed by atoms with Gasteiger partial charge in [0.1, 0.15) is 0 Å². The number of benzene rings is 2. The summed E-state index contributed by atoms with van der Waals surface area (Å²) in [5.41, 5.74) is 3.10. The first-order valence-electron chi connectivity index (χ1n) is 7.30. The summed E-state index contributed by atoms with van der Waals surface area (Å²) in [5, 5.41) is 0.996. The summed E-state index contributed by atoms with van der Waals surface area (Å²) in [7, 11) is 0. The van der Waals surface area contributed by atoms with Gasteiger partial charge in [-0.25, -0.2) is 0 Å². The van der Waals surface area contributed by atoms with Crippen molar-refractivity contribution in [2.75, 3.05) is 6.54 Å². The maximum absolute atomic E-state index is 12.5. The number of rotatable bonds is 3. The number of Topliss-reactive ketones (excluding diaryl/α,β-unsaturated/α-hetero) is 1. The van der Waals surface area contributed by atoms with Crippen molar-refractivity contribution in [2.24, 2.45) is 0 Å². The zero-order valence-electron chi connectivity index (χ0n) is 12.2. The summed E-state index contributed by atoms with van der Waals surface area (Å²) in [4.78, 5) is 29.6. The number of aromatic amines is 1. The monoisotopic (exact) mass is 368 g/mol. The highest BCUT2D eigenvalue weighted by molar-refractivity contribution is 9.10. The summed E-state index contributed by atoms with van der Waals surface area (Å²) in [6, 6.07) is 15.2. The molecule has 0 aliphatic carbocycles. The summed E-state index contributed by atoms with van der Waals surface area (Å²) in [5.74, 6) is -0.168. The average Bonchev–Trinajstić information content (AvgIpc) is 3.09. The predicted octanol–water partition coefficient (Wildman–Crippen LogP) is 3.77. The number of aromatic nitrogens is 1. The normalized spacial score (nSPS) is 13.6. The van der Waals surface area contributed by atoms with Gasteiger partial charge in [0, 0.05) is 27.5 Å². The number of nitrogens with one attached hydrogen (secondary N) is 1. The minimum Gasteiger partial charge on any atom is -0.352 e. The van der Waals surface area contributed by atoms with Gasteiger partial charge in [0.2, 0.25) is 0 Å². The van der Waals surface area contributed by atoms with Gasteiger partial charge in [-0.2, -0.15) is 0 Å². The van der Waals surface area contributed by atoms with E-state index in [4.69, 9.17) is 0 Å². The first-order chi connectivity index (χ1) is 11.1. The molecule has 0 spiro atoms. The van der Waals surface area contributed by atoms with E-state index in [1.165, 1.54) is 0 Å². The van der Waals surface area contributed by atoms with Crippen LogP contribution < -0.4 is 0 Å². The molecule has 0 saturated heterocycles. The number of hydrogen-bond acceptors (Lipinski definition) is 2. The Hall–Kier alpha value is -2.40. The fourth-order valence-corrected chi connectivity index (χ4v) is 3.37. The molecule has 3 aromatic rings. The molecule has 5 heteroatoms. The van der Waals surface area contributed by atoms with Crippen LogP contribution in [0, 0.1) is 0 Å². The predicted molar refractivity (Wildman–Crippen MR) is 91.5 cm³/mol. The Morgan fingerprint density at radius 1 is 1.17 bits per heavy atom. The molecule has 2 aromatic carbocycles. The molecule has 0 saturated carbocycles. The standard InChI is InChI=1S/C18H13BrN2O2/c19-13-5-6-14-12(7-13)9-21(18(14)23)10-17(22)16-8-11-3-1-2-4-15(11)20-16/h1-8,20H,9-10H2. The Morgan fingerprint density at radius 3 is 2.83 bits per heavy atom. The first kappa shape index (κ1) is 14.2. The quantitative estimate of drug-likeness (QED) is 0.715. The van der Waals surface area contributed by atoms with Crippen LogP contribution in [0.4, 0.5) is 0 Å². The van der Waals surface area contributed by atoms with Crippen molar-refractivity contribution in [3.8, 4) is 0 Å². The lowest BCUT2D eigenvalue weighted by atomic mass is 10.1. The van der Waals surface area contributed by atoms with E-state index >= 15 is 0 Å². The number of carbonyl (C=O) groups is 2. The van der Waals surface area contributed by atoms with E-state index in [9.17, 15) is 9.59 Å². The molecule has 1 aromatic heterocycles. The molecule has 114 valence electrons. The van der Waals surface area contributed by atoms with Gasteiger partial charge in [-0.3, -0.25) is 9.59 Å². The largest absolute Gasteiger partial charge is 0.352 e. The molecule has 0 fully saturated rings. The fraction of sp³-hybridized carbons (Fsp3) is 0.111. The van der Waals surface area contributed by atoms with Gasteiger partial charge in [0.25, 0.3) is 5.91 Å². The van der Waals surface area contributed by atoms with E-state index in [1.807, 2.05) is 42.5 Å². The van der Waals surface area contributed by atoms with E-state index in [2.05, 4.69) is 20.9 Å². The zero-order chi connectivity index (χ0) is 16.0. The van der Waals surface area contributed by atoms with Crippen LogP contribution >= 0.6 is 15.9 Å². The molecule has 0 unspecified atom stereocenters. The number of carbonyl (C=O) groups excluding carboxylic acids is 2. The number of ketones is 1. The Bertz CT molecular complexity index is 912. The van der Waals surface area contributed by atoms with Gasteiger partial charge >= 0.3 is 0 Å². The average molecular weight is 369 g/mol. The Labute approximate surface area is 141 Å². The van der Waals surface area contributed by atoms with Crippen molar-refractivity contribution in [1.29, 1.82) is 0 Å². The van der Waals surface area contributed by atoms with Crippen molar-refractivity contribution in [2.45, 2.75) is 6.54 Å². The number of hydrogen-bond donors (Lipinski definition) is 1. The molecule has 1 aliphatic heterocycles. The van der Waals surface area contributed by atoms with Crippen molar-refractivity contribution >= 4 is 38.5 Å². The third-order valence-electron chi connectivity index (χ3n) is 4.11. The molecule has 4 nitrogen and oxygen atoms in total. The Kier molecular flexibility index (Phi) is 3.31. The number of nitrogens with zero attached hydrogens (tertiary/aromatic N) is 1. The molecule has 0 bridgehead atoms. The Morgan fingerprint density at radius 2 is 2.00 bits per heavy atom. The van der Waals surface area contributed by atoms with Crippen molar-refractivity contribution in [3.05, 3.63) is 69.8 Å². The van der Waals surface area contributed by atoms with E-state index in [1.54, 1.807) is 11.0 Å². The number of amides is 1. The second-order valence-electron chi connectivity index (χ2n) is 5.66. The van der Waals surface area contributed by atoms with Crippen LogP contribution in [-0.2, 0) is 6.54 Å². The van der Waals surface area contributed by atoms with Gasteiger partial charge < -0.3 is 9.88 Å². The molecule has 1 aliphatic rings. The summed E-state index contributed by atoms with van der Waals surface area (Å²) < 4.78 is 0.938.